The molecule has 2 N–H and O–H groups in total. The van der Waals surface area contributed by atoms with Crippen molar-refractivity contribution in [1.29, 1.82) is 0 Å². The predicted octanol–water partition coefficient (Wildman–Crippen LogP) is 4.52. The molecule has 148 valence electrons. The maximum absolute atomic E-state index is 12.5. The number of hydrogen-bond acceptors (Lipinski definition) is 5. The van der Waals surface area contributed by atoms with Crippen molar-refractivity contribution in [3.05, 3.63) is 53.1 Å². The number of fused-ring (bicyclic) bond motifs is 1. The average molecular weight is 401 g/mol. The van der Waals surface area contributed by atoms with Gasteiger partial charge in [-0.15, -0.1) is 0 Å². The summed E-state index contributed by atoms with van der Waals surface area (Å²) >= 11 is 0. The molecule has 1 aliphatic carbocycles. The molecule has 1 fully saturated rings. The lowest BCUT2D eigenvalue weighted by molar-refractivity contribution is 0.289. The van der Waals surface area contributed by atoms with Crippen LogP contribution in [0.2, 0.25) is 0 Å². The van der Waals surface area contributed by atoms with Crippen LogP contribution in [0.4, 0.5) is 0 Å². The molecular weight excluding hydrogens is 376 g/mol. The second-order valence-electron chi connectivity index (χ2n) is 7.24. The van der Waals surface area contributed by atoms with Gasteiger partial charge in [0.1, 0.15) is 0 Å². The molecule has 4 rings (SSSR count). The standard InChI is InChI=1S/C21H24N2O4S/c1-3-28(25,26)15-10-18(20(22-11-15)27-13-14-8-9-14)19-12-23(2)21(24)17-7-5-4-6-16(17)19/h4-7,10-12,14,25-26H,3,8-9,13H2,1-2H3. The lowest BCUT2D eigenvalue weighted by atomic mass is 10.0. The Kier molecular flexibility index (Phi) is 4.91. The highest BCUT2D eigenvalue weighted by Gasteiger charge is 2.24. The Bertz CT molecular complexity index is 1090. The third-order valence-electron chi connectivity index (χ3n) is 5.14. The molecule has 28 heavy (non-hydrogen) atoms. The van der Waals surface area contributed by atoms with Crippen LogP contribution in [-0.4, -0.2) is 31.0 Å². The van der Waals surface area contributed by atoms with Crippen molar-refractivity contribution in [2.75, 3.05) is 12.4 Å². The zero-order chi connectivity index (χ0) is 19.9. The van der Waals surface area contributed by atoms with Gasteiger partial charge in [-0.05, 0) is 43.2 Å². The first-order chi connectivity index (χ1) is 13.4. The van der Waals surface area contributed by atoms with Crippen LogP contribution >= 0.6 is 10.6 Å². The number of nitrogens with zero attached hydrogens (tertiary/aromatic N) is 2. The molecule has 1 aliphatic rings. The van der Waals surface area contributed by atoms with E-state index in [1.54, 1.807) is 32.3 Å². The van der Waals surface area contributed by atoms with E-state index in [0.717, 1.165) is 23.8 Å². The van der Waals surface area contributed by atoms with Gasteiger partial charge in [-0.1, -0.05) is 18.2 Å². The molecule has 6 nitrogen and oxygen atoms in total. The minimum atomic E-state index is -2.92. The van der Waals surface area contributed by atoms with Crippen LogP contribution in [0.15, 0.2) is 52.4 Å². The first-order valence-corrected chi connectivity index (χ1v) is 11.1. The van der Waals surface area contributed by atoms with Gasteiger partial charge in [0.05, 0.1) is 17.7 Å². The van der Waals surface area contributed by atoms with Crippen molar-refractivity contribution in [2.24, 2.45) is 13.0 Å². The van der Waals surface area contributed by atoms with E-state index in [-0.39, 0.29) is 11.3 Å². The third-order valence-corrected chi connectivity index (χ3v) is 6.92. The van der Waals surface area contributed by atoms with E-state index < -0.39 is 10.6 Å². The van der Waals surface area contributed by atoms with Crippen LogP contribution in [0, 0.1) is 5.92 Å². The van der Waals surface area contributed by atoms with Gasteiger partial charge >= 0.3 is 0 Å². The van der Waals surface area contributed by atoms with Crippen molar-refractivity contribution in [2.45, 2.75) is 24.7 Å². The van der Waals surface area contributed by atoms with Gasteiger partial charge in [0.15, 0.2) is 0 Å². The van der Waals surface area contributed by atoms with E-state index >= 15 is 0 Å². The highest BCUT2D eigenvalue weighted by atomic mass is 32.3. The molecule has 0 amide bonds. The van der Waals surface area contributed by atoms with Gasteiger partial charge in [-0.3, -0.25) is 13.9 Å². The van der Waals surface area contributed by atoms with E-state index in [9.17, 15) is 13.9 Å². The van der Waals surface area contributed by atoms with Gasteiger partial charge in [-0.25, -0.2) is 4.98 Å². The summed E-state index contributed by atoms with van der Waals surface area (Å²) in [6.07, 6.45) is 5.56. The molecule has 0 saturated heterocycles. The number of benzene rings is 1. The van der Waals surface area contributed by atoms with Gasteiger partial charge in [-0.2, -0.15) is 10.6 Å². The van der Waals surface area contributed by atoms with Crippen molar-refractivity contribution in [1.82, 2.24) is 9.55 Å². The van der Waals surface area contributed by atoms with Crippen LogP contribution < -0.4 is 10.3 Å². The van der Waals surface area contributed by atoms with Crippen LogP contribution in [0.25, 0.3) is 21.9 Å². The molecule has 1 saturated carbocycles. The fraction of sp³-hybridized carbons (Fsp3) is 0.333. The summed E-state index contributed by atoms with van der Waals surface area (Å²) in [4.78, 5) is 17.3. The first-order valence-electron chi connectivity index (χ1n) is 9.38. The van der Waals surface area contributed by atoms with Crippen molar-refractivity contribution in [3.8, 4) is 17.0 Å². The smallest absolute Gasteiger partial charge is 0.258 e. The Morgan fingerprint density at radius 2 is 1.93 bits per heavy atom. The molecule has 2 heterocycles. The Balaban J connectivity index is 1.94. The summed E-state index contributed by atoms with van der Waals surface area (Å²) in [6.45, 7) is 2.32. The number of hydrogen-bond donors (Lipinski definition) is 2. The lowest BCUT2D eigenvalue weighted by Gasteiger charge is -2.31. The fourth-order valence-electron chi connectivity index (χ4n) is 3.20. The van der Waals surface area contributed by atoms with E-state index in [2.05, 4.69) is 4.98 Å². The van der Waals surface area contributed by atoms with Gasteiger partial charge in [0.25, 0.3) is 5.56 Å². The SMILES string of the molecule is CCS(O)(O)c1cnc(OCC2CC2)c(-c2cn(C)c(=O)c3ccccc23)c1. The van der Waals surface area contributed by atoms with Gasteiger partial charge in [0.2, 0.25) is 5.88 Å². The summed E-state index contributed by atoms with van der Waals surface area (Å²) in [6, 6.07) is 9.14. The molecule has 0 spiro atoms. The van der Waals surface area contributed by atoms with Crippen LogP contribution in [-0.2, 0) is 7.05 Å². The maximum Gasteiger partial charge on any atom is 0.258 e. The molecule has 0 bridgehead atoms. The van der Waals surface area contributed by atoms with Crippen molar-refractivity contribution in [3.63, 3.8) is 0 Å². The largest absolute Gasteiger partial charge is 0.477 e. The monoisotopic (exact) mass is 400 g/mol. The number of pyridine rings is 2. The maximum atomic E-state index is 12.5. The molecule has 0 aliphatic heterocycles. The second kappa shape index (κ2) is 7.24. The topological polar surface area (TPSA) is 84.6 Å². The summed E-state index contributed by atoms with van der Waals surface area (Å²) in [5.41, 5.74) is 1.37. The Hall–Kier alpha value is -2.35. The number of rotatable bonds is 6. The summed E-state index contributed by atoms with van der Waals surface area (Å²) in [5, 5.41) is 1.39. The van der Waals surface area contributed by atoms with Gasteiger partial charge < -0.3 is 9.30 Å². The third kappa shape index (κ3) is 3.53. The fourth-order valence-corrected chi connectivity index (χ4v) is 4.06. The van der Waals surface area contributed by atoms with Crippen molar-refractivity contribution >= 4 is 21.4 Å². The lowest BCUT2D eigenvalue weighted by Crippen LogP contribution is -2.16. The summed E-state index contributed by atoms with van der Waals surface area (Å²) in [7, 11) is -1.21. The predicted molar refractivity (Wildman–Crippen MR) is 112 cm³/mol. The van der Waals surface area contributed by atoms with E-state index in [1.807, 2.05) is 18.2 Å². The Labute approximate surface area is 165 Å². The zero-order valence-corrected chi connectivity index (χ0v) is 16.8. The summed E-state index contributed by atoms with van der Waals surface area (Å²) in [5.74, 6) is 1.22. The zero-order valence-electron chi connectivity index (χ0n) is 16.0. The highest BCUT2D eigenvalue weighted by Crippen LogP contribution is 2.49. The van der Waals surface area contributed by atoms with Crippen molar-refractivity contribution < 1.29 is 13.8 Å². The number of aromatic nitrogens is 2. The first kappa shape index (κ1) is 19.0. The summed E-state index contributed by atoms with van der Waals surface area (Å²) < 4.78 is 28.3. The average Bonchev–Trinajstić information content (AvgIpc) is 3.53. The molecule has 0 radical (unpaired) electrons. The molecule has 0 atom stereocenters. The molecule has 2 aromatic heterocycles. The van der Waals surface area contributed by atoms with E-state index in [0.29, 0.717) is 34.2 Å². The van der Waals surface area contributed by atoms with Gasteiger partial charge in [0, 0.05) is 35.5 Å². The molecular formula is C21H24N2O4S. The van der Waals surface area contributed by atoms with Crippen LogP contribution in [0.5, 0.6) is 5.88 Å². The highest BCUT2D eigenvalue weighted by molar-refractivity contribution is 8.24. The molecule has 0 unspecified atom stereocenters. The normalized spacial score (nSPS) is 15.0. The Morgan fingerprint density at radius 1 is 1.21 bits per heavy atom. The molecule has 7 heteroatoms. The Morgan fingerprint density at radius 3 is 2.61 bits per heavy atom. The molecule has 1 aromatic carbocycles. The minimum Gasteiger partial charge on any atom is -0.477 e. The number of ether oxygens (including phenoxy) is 1. The molecule has 3 aromatic rings. The number of aryl methyl sites for hydroxylation is 1. The quantitative estimate of drug-likeness (QED) is 0.635. The van der Waals surface area contributed by atoms with E-state index in [4.69, 9.17) is 4.74 Å². The van der Waals surface area contributed by atoms with Crippen LogP contribution in [0.3, 0.4) is 0 Å². The minimum absolute atomic E-state index is 0.0817. The second-order valence-corrected chi connectivity index (χ2v) is 9.62. The van der Waals surface area contributed by atoms with Crippen LogP contribution in [0.1, 0.15) is 19.8 Å². The van der Waals surface area contributed by atoms with E-state index in [1.165, 1.54) is 10.8 Å².